The summed E-state index contributed by atoms with van der Waals surface area (Å²) in [6.45, 7) is 5.76. The normalized spacial score (nSPS) is 15.3. The highest BCUT2D eigenvalue weighted by Gasteiger charge is 2.17. The van der Waals surface area contributed by atoms with E-state index in [9.17, 15) is 35.2 Å². The van der Waals surface area contributed by atoms with Crippen molar-refractivity contribution in [2.75, 3.05) is 72.6 Å². The fourth-order valence-corrected chi connectivity index (χ4v) is 2.37. The molecule has 0 heterocycles. The number of ether oxygens (including phenoxy) is 6. The summed E-state index contributed by atoms with van der Waals surface area (Å²) >= 11 is 0. The zero-order chi connectivity index (χ0) is 28.8. The summed E-state index contributed by atoms with van der Waals surface area (Å²) in [5.41, 5.74) is 0. The zero-order valence-corrected chi connectivity index (χ0v) is 21.6. The SMILES string of the molecule is C=CCN([O-])OCC(O)COC(COCC(O)COCC(O)COC(C)=O)COCC(O)COC(=O)C=C. The van der Waals surface area contributed by atoms with Gasteiger partial charge >= 0.3 is 11.9 Å². The molecule has 0 fully saturated rings. The monoisotopic (exact) mass is 554 g/mol. The maximum atomic E-state index is 11.3. The van der Waals surface area contributed by atoms with E-state index >= 15 is 0 Å². The molecule has 0 aliphatic rings. The van der Waals surface area contributed by atoms with Gasteiger partial charge in [0.1, 0.15) is 43.7 Å². The Morgan fingerprint density at radius 3 is 1.74 bits per heavy atom. The Morgan fingerprint density at radius 1 is 0.763 bits per heavy atom. The summed E-state index contributed by atoms with van der Waals surface area (Å²) < 4.78 is 30.8. The first kappa shape index (κ1) is 36.0. The van der Waals surface area contributed by atoms with E-state index in [4.69, 9.17) is 28.5 Å². The molecular formula is C23H40NO14-. The molecule has 0 aromatic heterocycles. The number of hydrogen-bond acceptors (Lipinski definition) is 15. The van der Waals surface area contributed by atoms with Crippen molar-refractivity contribution < 1.29 is 63.3 Å². The number of rotatable bonds is 25. The lowest BCUT2D eigenvalue weighted by molar-refractivity contribution is -0.158. The van der Waals surface area contributed by atoms with Gasteiger partial charge in [-0.15, -0.1) is 6.58 Å². The first-order valence-electron chi connectivity index (χ1n) is 11.7. The van der Waals surface area contributed by atoms with Crippen LogP contribution < -0.4 is 0 Å². The van der Waals surface area contributed by atoms with Gasteiger partial charge < -0.3 is 58.9 Å². The van der Waals surface area contributed by atoms with Crippen molar-refractivity contribution in [3.05, 3.63) is 30.5 Å². The molecule has 15 heteroatoms. The highest BCUT2D eigenvalue weighted by molar-refractivity contribution is 5.81. The summed E-state index contributed by atoms with van der Waals surface area (Å²) in [6.07, 6.45) is -2.83. The molecule has 15 nitrogen and oxygen atoms in total. The number of esters is 2. The van der Waals surface area contributed by atoms with Crippen LogP contribution in [0.4, 0.5) is 0 Å². The molecule has 0 aliphatic heterocycles. The van der Waals surface area contributed by atoms with E-state index in [1.807, 2.05) is 0 Å². The summed E-state index contributed by atoms with van der Waals surface area (Å²) in [4.78, 5) is 26.6. The van der Waals surface area contributed by atoms with Crippen LogP contribution in [0.15, 0.2) is 25.3 Å². The lowest BCUT2D eigenvalue weighted by Crippen LogP contribution is -2.35. The third kappa shape index (κ3) is 22.0. The van der Waals surface area contributed by atoms with Gasteiger partial charge in [-0.2, -0.15) is 0 Å². The van der Waals surface area contributed by atoms with Gasteiger partial charge in [-0.3, -0.25) is 10.0 Å². The van der Waals surface area contributed by atoms with Crippen LogP contribution in [0.5, 0.6) is 0 Å². The Balaban J connectivity index is 4.48. The van der Waals surface area contributed by atoms with Crippen molar-refractivity contribution in [1.82, 2.24) is 5.23 Å². The average molecular weight is 555 g/mol. The van der Waals surface area contributed by atoms with E-state index in [1.165, 1.54) is 13.0 Å². The minimum absolute atomic E-state index is 0.0838. The van der Waals surface area contributed by atoms with E-state index in [2.05, 4.69) is 17.9 Å². The third-order valence-corrected chi connectivity index (χ3v) is 4.13. The second kappa shape index (κ2) is 22.9. The fourth-order valence-electron chi connectivity index (χ4n) is 2.37. The van der Waals surface area contributed by atoms with Gasteiger partial charge in [0.25, 0.3) is 0 Å². The minimum Gasteiger partial charge on any atom is -0.762 e. The Morgan fingerprint density at radius 2 is 1.24 bits per heavy atom. The first-order chi connectivity index (χ1) is 18.1. The second-order valence-electron chi connectivity index (χ2n) is 7.92. The van der Waals surface area contributed by atoms with Gasteiger partial charge in [0, 0.05) is 19.5 Å². The summed E-state index contributed by atoms with van der Waals surface area (Å²) in [5, 5.41) is 50.9. The van der Waals surface area contributed by atoms with Crippen LogP contribution in [0.3, 0.4) is 0 Å². The molecule has 0 spiro atoms. The molecule has 0 bridgehead atoms. The molecule has 38 heavy (non-hydrogen) atoms. The van der Waals surface area contributed by atoms with E-state index in [-0.39, 0.29) is 77.8 Å². The van der Waals surface area contributed by atoms with Crippen molar-refractivity contribution in [1.29, 1.82) is 0 Å². The average Bonchev–Trinajstić information content (AvgIpc) is 2.87. The summed E-state index contributed by atoms with van der Waals surface area (Å²) in [6, 6.07) is 0. The number of carbonyl (C=O) groups is 2. The number of nitrogens with zero attached hydrogens (tertiary/aromatic N) is 1. The van der Waals surface area contributed by atoms with Crippen molar-refractivity contribution in [3.8, 4) is 0 Å². The molecule has 0 aromatic carbocycles. The molecule has 5 atom stereocenters. The highest BCUT2D eigenvalue weighted by Crippen LogP contribution is 2.02. The molecule has 0 saturated heterocycles. The number of aliphatic hydroxyl groups is 4. The van der Waals surface area contributed by atoms with Crippen LogP contribution in [-0.4, -0.2) is 141 Å². The Kier molecular flexibility index (Phi) is 21.7. The molecule has 0 aromatic rings. The van der Waals surface area contributed by atoms with Crippen molar-refractivity contribution >= 4 is 11.9 Å². The maximum absolute atomic E-state index is 11.3. The lowest BCUT2D eigenvalue weighted by Gasteiger charge is -2.27. The highest BCUT2D eigenvalue weighted by atomic mass is 16.9. The smallest absolute Gasteiger partial charge is 0.330 e. The van der Waals surface area contributed by atoms with Crippen LogP contribution in [0, 0.1) is 5.21 Å². The predicted octanol–water partition coefficient (Wildman–Crippen LogP) is -1.93. The Hall–Kier alpha value is -2.02. The van der Waals surface area contributed by atoms with Gasteiger partial charge in [-0.25, -0.2) is 4.79 Å². The zero-order valence-electron chi connectivity index (χ0n) is 21.6. The molecular weight excluding hydrogens is 514 g/mol. The fraction of sp³-hybridized carbons (Fsp3) is 0.739. The van der Waals surface area contributed by atoms with Gasteiger partial charge in [-0.05, 0) is 0 Å². The van der Waals surface area contributed by atoms with Crippen LogP contribution in [0.2, 0.25) is 0 Å². The van der Waals surface area contributed by atoms with E-state index in [0.29, 0.717) is 0 Å². The van der Waals surface area contributed by atoms with Crippen LogP contribution >= 0.6 is 0 Å². The Labute approximate surface area is 221 Å². The van der Waals surface area contributed by atoms with Crippen LogP contribution in [0.25, 0.3) is 0 Å². The maximum Gasteiger partial charge on any atom is 0.330 e. The topological polar surface area (TPSA) is 206 Å². The minimum atomic E-state index is -1.15. The quantitative estimate of drug-likeness (QED) is 0.0420. The standard InChI is InChI=1S/C23H40NO14/c1-4-6-24(31)38-14-21(29)12-36-22(16-34-10-20(28)13-37-23(30)5-2)15-33-8-18(26)7-32-9-19(27)11-35-17(3)25/h4-5,18-22,26-29H,1-2,6-16H2,3H3/q-1. The van der Waals surface area contributed by atoms with Gasteiger partial charge in [0.2, 0.25) is 0 Å². The Bertz CT molecular complexity index is 652. The first-order valence-corrected chi connectivity index (χ1v) is 11.7. The van der Waals surface area contributed by atoms with Crippen molar-refractivity contribution in [2.24, 2.45) is 0 Å². The molecule has 5 unspecified atom stereocenters. The molecule has 222 valence electrons. The lowest BCUT2D eigenvalue weighted by atomic mass is 10.3. The molecule has 0 saturated carbocycles. The summed E-state index contributed by atoms with van der Waals surface area (Å²) in [7, 11) is 0. The van der Waals surface area contributed by atoms with Crippen molar-refractivity contribution in [2.45, 2.75) is 37.4 Å². The van der Waals surface area contributed by atoms with Crippen LogP contribution in [-0.2, 0) is 42.8 Å². The number of aliphatic hydroxyl groups excluding tert-OH is 4. The van der Waals surface area contributed by atoms with Crippen molar-refractivity contribution in [3.63, 3.8) is 0 Å². The third-order valence-electron chi connectivity index (χ3n) is 4.13. The van der Waals surface area contributed by atoms with E-state index in [1.54, 1.807) is 0 Å². The molecule has 0 rings (SSSR count). The van der Waals surface area contributed by atoms with Gasteiger partial charge in [0.15, 0.2) is 0 Å². The predicted molar refractivity (Wildman–Crippen MR) is 130 cm³/mol. The number of hydrogen-bond donors (Lipinski definition) is 4. The number of hydroxylamine groups is 2. The van der Waals surface area contributed by atoms with Gasteiger partial charge in [0.05, 0.1) is 52.9 Å². The van der Waals surface area contributed by atoms with E-state index in [0.717, 1.165) is 6.08 Å². The summed E-state index contributed by atoms with van der Waals surface area (Å²) in [5.74, 6) is -1.23. The second-order valence-corrected chi connectivity index (χ2v) is 7.92. The number of carbonyl (C=O) groups excluding carboxylic acids is 2. The van der Waals surface area contributed by atoms with E-state index < -0.39 is 42.5 Å². The van der Waals surface area contributed by atoms with Gasteiger partial charge in [-0.1, -0.05) is 12.7 Å². The molecule has 0 radical (unpaired) electrons. The molecule has 0 amide bonds. The largest absolute Gasteiger partial charge is 0.762 e. The molecule has 0 aliphatic carbocycles. The van der Waals surface area contributed by atoms with Crippen LogP contribution in [0.1, 0.15) is 6.92 Å². The molecule has 4 N–H and O–H groups in total.